The monoisotopic (exact) mass is 276 g/mol. The summed E-state index contributed by atoms with van der Waals surface area (Å²) in [5, 5.41) is 9.48. The zero-order chi connectivity index (χ0) is 14.8. The third-order valence-electron chi connectivity index (χ3n) is 3.19. The normalized spacial score (nSPS) is 10.9. The molecule has 20 heavy (non-hydrogen) atoms. The van der Waals surface area contributed by atoms with Crippen molar-refractivity contribution in [3.8, 4) is 11.5 Å². The molecule has 1 N–H and O–H groups in total. The Labute approximate surface area is 121 Å². The predicted octanol–water partition coefficient (Wildman–Crippen LogP) is 4.34. The second kappa shape index (κ2) is 9.18. The molecular weight excluding hydrogens is 252 g/mol. The number of aromatic hydroxyl groups is 1. The first-order valence-electron chi connectivity index (χ1n) is 7.25. The average molecular weight is 276 g/mol. The summed E-state index contributed by atoms with van der Waals surface area (Å²) in [4.78, 5) is 11.7. The van der Waals surface area contributed by atoms with Crippen LogP contribution in [-0.2, 0) is 4.79 Å². The van der Waals surface area contributed by atoms with Crippen LogP contribution >= 0.6 is 0 Å². The first-order chi connectivity index (χ1) is 9.67. The van der Waals surface area contributed by atoms with Crippen LogP contribution in [0.5, 0.6) is 11.5 Å². The van der Waals surface area contributed by atoms with E-state index in [2.05, 4.69) is 6.92 Å². The van der Waals surface area contributed by atoms with Gasteiger partial charge in [-0.2, -0.15) is 0 Å². The lowest BCUT2D eigenvalue weighted by atomic mass is 10.1. The molecule has 0 fully saturated rings. The number of carbonyl (C=O) groups is 1. The van der Waals surface area contributed by atoms with Gasteiger partial charge in [0, 0.05) is 6.42 Å². The van der Waals surface area contributed by atoms with Gasteiger partial charge in [-0.1, -0.05) is 44.7 Å². The molecule has 0 saturated carbocycles. The summed E-state index contributed by atoms with van der Waals surface area (Å²) in [7, 11) is 1.50. The van der Waals surface area contributed by atoms with Crippen LogP contribution in [0.15, 0.2) is 24.3 Å². The number of ether oxygens (including phenoxy) is 1. The highest BCUT2D eigenvalue weighted by Gasteiger charge is 2.01. The molecule has 0 spiro atoms. The largest absolute Gasteiger partial charge is 0.504 e. The standard InChI is InChI=1S/C17H24O3/c1-3-4-5-6-7-8-15(18)11-9-14-10-12-16(19)17(13-14)20-2/h9-13,19H,3-8H2,1-2H3/b11-9+. The van der Waals surface area contributed by atoms with Crippen LogP contribution in [0.2, 0.25) is 0 Å². The Balaban J connectivity index is 2.41. The summed E-state index contributed by atoms with van der Waals surface area (Å²) in [6.45, 7) is 2.18. The van der Waals surface area contributed by atoms with Crippen molar-refractivity contribution >= 4 is 11.9 Å². The van der Waals surface area contributed by atoms with E-state index < -0.39 is 0 Å². The number of phenols is 1. The number of rotatable bonds is 9. The molecule has 0 heterocycles. The van der Waals surface area contributed by atoms with E-state index in [0.717, 1.165) is 18.4 Å². The molecule has 3 nitrogen and oxygen atoms in total. The van der Waals surface area contributed by atoms with Gasteiger partial charge in [0.2, 0.25) is 0 Å². The Kier molecular flexibility index (Phi) is 7.48. The summed E-state index contributed by atoms with van der Waals surface area (Å²) in [6.07, 6.45) is 9.73. The molecule has 0 amide bonds. The fourth-order valence-corrected chi connectivity index (χ4v) is 1.97. The third-order valence-corrected chi connectivity index (χ3v) is 3.19. The van der Waals surface area contributed by atoms with E-state index in [1.54, 1.807) is 30.4 Å². The summed E-state index contributed by atoms with van der Waals surface area (Å²) >= 11 is 0. The van der Waals surface area contributed by atoms with Gasteiger partial charge in [-0.3, -0.25) is 4.79 Å². The van der Waals surface area contributed by atoms with Gasteiger partial charge in [0.25, 0.3) is 0 Å². The van der Waals surface area contributed by atoms with Crippen LogP contribution in [0.25, 0.3) is 6.08 Å². The quantitative estimate of drug-likeness (QED) is 0.539. The van der Waals surface area contributed by atoms with Gasteiger partial charge in [0.1, 0.15) is 0 Å². The van der Waals surface area contributed by atoms with Gasteiger partial charge >= 0.3 is 0 Å². The zero-order valence-electron chi connectivity index (χ0n) is 12.4. The molecule has 110 valence electrons. The van der Waals surface area contributed by atoms with Gasteiger partial charge in [-0.15, -0.1) is 0 Å². The molecule has 3 heteroatoms. The number of unbranched alkanes of at least 4 members (excludes halogenated alkanes) is 4. The van der Waals surface area contributed by atoms with Crippen molar-refractivity contribution in [1.29, 1.82) is 0 Å². The molecule has 1 aromatic carbocycles. The zero-order valence-corrected chi connectivity index (χ0v) is 12.4. The van der Waals surface area contributed by atoms with E-state index in [-0.39, 0.29) is 11.5 Å². The Morgan fingerprint density at radius 1 is 1.25 bits per heavy atom. The van der Waals surface area contributed by atoms with Crippen molar-refractivity contribution in [3.63, 3.8) is 0 Å². The van der Waals surface area contributed by atoms with Gasteiger partial charge in [0.05, 0.1) is 7.11 Å². The number of benzene rings is 1. The van der Waals surface area contributed by atoms with Crippen molar-refractivity contribution in [2.75, 3.05) is 7.11 Å². The van der Waals surface area contributed by atoms with Gasteiger partial charge in [0.15, 0.2) is 17.3 Å². The molecule has 1 rings (SSSR count). The maximum absolute atomic E-state index is 11.7. The molecule has 0 saturated heterocycles. The Hall–Kier alpha value is -1.77. The maximum atomic E-state index is 11.7. The van der Waals surface area contributed by atoms with Crippen LogP contribution in [0.1, 0.15) is 51.0 Å². The number of methoxy groups -OCH3 is 1. The van der Waals surface area contributed by atoms with Crippen molar-refractivity contribution in [2.24, 2.45) is 0 Å². The summed E-state index contributed by atoms with van der Waals surface area (Å²) in [6, 6.07) is 5.02. The van der Waals surface area contributed by atoms with E-state index in [1.165, 1.54) is 26.4 Å². The summed E-state index contributed by atoms with van der Waals surface area (Å²) < 4.78 is 5.03. The van der Waals surface area contributed by atoms with Crippen molar-refractivity contribution in [2.45, 2.75) is 45.4 Å². The van der Waals surface area contributed by atoms with Crippen molar-refractivity contribution < 1.29 is 14.6 Å². The Bertz CT molecular complexity index is 450. The number of ketones is 1. The van der Waals surface area contributed by atoms with Crippen molar-refractivity contribution in [1.82, 2.24) is 0 Å². The lowest BCUT2D eigenvalue weighted by Gasteiger charge is -2.03. The second-order valence-corrected chi connectivity index (χ2v) is 4.90. The average Bonchev–Trinajstić information content (AvgIpc) is 2.46. The predicted molar refractivity (Wildman–Crippen MR) is 82.1 cm³/mol. The number of phenolic OH excluding ortho intramolecular Hbond substituents is 1. The molecule has 0 aromatic heterocycles. The first-order valence-corrected chi connectivity index (χ1v) is 7.25. The summed E-state index contributed by atoms with van der Waals surface area (Å²) in [5.74, 6) is 0.666. The van der Waals surface area contributed by atoms with Crippen LogP contribution in [-0.4, -0.2) is 18.0 Å². The fraction of sp³-hybridized carbons (Fsp3) is 0.471. The minimum absolute atomic E-state index is 0.104. The Morgan fingerprint density at radius 3 is 2.70 bits per heavy atom. The fourth-order valence-electron chi connectivity index (χ4n) is 1.97. The highest BCUT2D eigenvalue weighted by atomic mass is 16.5. The van der Waals surface area contributed by atoms with E-state index in [9.17, 15) is 9.90 Å². The van der Waals surface area contributed by atoms with Gasteiger partial charge in [-0.05, 0) is 30.2 Å². The molecule has 0 aliphatic heterocycles. The van der Waals surface area contributed by atoms with Crippen LogP contribution in [0.3, 0.4) is 0 Å². The molecule has 0 aliphatic rings. The number of hydrogen-bond acceptors (Lipinski definition) is 3. The molecule has 1 aromatic rings. The molecule has 0 atom stereocenters. The highest BCUT2D eigenvalue weighted by Crippen LogP contribution is 2.26. The lowest BCUT2D eigenvalue weighted by Crippen LogP contribution is -1.92. The van der Waals surface area contributed by atoms with Crippen LogP contribution < -0.4 is 4.74 Å². The Morgan fingerprint density at radius 2 is 2.00 bits per heavy atom. The smallest absolute Gasteiger partial charge is 0.161 e. The van der Waals surface area contributed by atoms with Gasteiger partial charge in [-0.25, -0.2) is 0 Å². The molecule has 0 bridgehead atoms. The van der Waals surface area contributed by atoms with E-state index in [0.29, 0.717) is 12.2 Å². The highest BCUT2D eigenvalue weighted by molar-refractivity contribution is 5.93. The molecule has 0 radical (unpaired) electrons. The van der Waals surface area contributed by atoms with Crippen molar-refractivity contribution in [3.05, 3.63) is 29.8 Å². The number of hydrogen-bond donors (Lipinski definition) is 1. The van der Waals surface area contributed by atoms with Crippen LogP contribution in [0.4, 0.5) is 0 Å². The minimum atomic E-state index is 0.104. The summed E-state index contributed by atoms with van der Waals surface area (Å²) in [5.41, 5.74) is 0.846. The maximum Gasteiger partial charge on any atom is 0.161 e. The number of carbonyl (C=O) groups excluding carboxylic acids is 1. The van der Waals surface area contributed by atoms with E-state index in [4.69, 9.17) is 4.74 Å². The third kappa shape index (κ3) is 5.91. The lowest BCUT2D eigenvalue weighted by molar-refractivity contribution is -0.114. The topological polar surface area (TPSA) is 46.5 Å². The van der Waals surface area contributed by atoms with Gasteiger partial charge < -0.3 is 9.84 Å². The second-order valence-electron chi connectivity index (χ2n) is 4.90. The van der Waals surface area contributed by atoms with E-state index in [1.807, 2.05) is 0 Å². The number of allylic oxidation sites excluding steroid dienone is 1. The van der Waals surface area contributed by atoms with E-state index >= 15 is 0 Å². The van der Waals surface area contributed by atoms with Crippen LogP contribution in [0, 0.1) is 0 Å². The molecular formula is C17H24O3. The molecule has 0 unspecified atom stereocenters. The SMILES string of the molecule is CCCCCCCC(=O)/C=C/c1ccc(O)c(OC)c1. The minimum Gasteiger partial charge on any atom is -0.504 e. The first kappa shape index (κ1) is 16.3. The molecule has 0 aliphatic carbocycles.